The Hall–Kier alpha value is -0.840. The highest BCUT2D eigenvalue weighted by Crippen LogP contribution is 2.65. The van der Waals surface area contributed by atoms with Crippen LogP contribution >= 0.6 is 7.75 Å². The summed E-state index contributed by atoms with van der Waals surface area (Å²) in [5.41, 5.74) is 1.60. The lowest BCUT2D eigenvalue weighted by molar-refractivity contribution is 0.0745. The molecule has 0 aromatic rings. The van der Waals surface area contributed by atoms with Crippen molar-refractivity contribution in [1.29, 1.82) is 0 Å². The molecule has 2 aliphatic carbocycles. The van der Waals surface area contributed by atoms with Crippen molar-refractivity contribution in [3.05, 3.63) is 11.6 Å². The van der Waals surface area contributed by atoms with Gasteiger partial charge in [0, 0.05) is 5.92 Å². The molecule has 7 heteroatoms. The fraction of sp³-hybridized carbons (Fsp3) is 0.842. The SMILES string of the molecule is CC1=CC2C(C[C@H]1C(C)OC(=O)NP(=O)(OC(C)C)OC(C)C)C2(C)C. The van der Waals surface area contributed by atoms with Crippen LogP contribution in [0.15, 0.2) is 11.6 Å². The highest BCUT2D eigenvalue weighted by atomic mass is 31.2. The quantitative estimate of drug-likeness (QED) is 0.474. The number of rotatable bonds is 7. The molecular formula is C19H34NO5P. The Morgan fingerprint density at radius 2 is 1.73 bits per heavy atom. The fourth-order valence-electron chi connectivity index (χ4n) is 4.02. The topological polar surface area (TPSA) is 73.9 Å². The van der Waals surface area contributed by atoms with E-state index in [1.807, 2.05) is 6.92 Å². The van der Waals surface area contributed by atoms with Crippen LogP contribution in [0.25, 0.3) is 0 Å². The predicted molar refractivity (Wildman–Crippen MR) is 102 cm³/mol. The Morgan fingerprint density at radius 3 is 2.23 bits per heavy atom. The maximum Gasteiger partial charge on any atom is 0.438 e. The van der Waals surface area contributed by atoms with Crippen molar-refractivity contribution in [2.24, 2.45) is 23.2 Å². The molecule has 0 bridgehead atoms. The van der Waals surface area contributed by atoms with E-state index in [0.29, 0.717) is 17.3 Å². The first-order valence-corrected chi connectivity index (χ1v) is 11.0. The number of nitrogens with one attached hydrogen (secondary N) is 1. The van der Waals surface area contributed by atoms with Gasteiger partial charge in [0.15, 0.2) is 0 Å². The zero-order valence-electron chi connectivity index (χ0n) is 17.2. The van der Waals surface area contributed by atoms with Gasteiger partial charge in [0.2, 0.25) is 0 Å². The van der Waals surface area contributed by atoms with E-state index >= 15 is 0 Å². The Balaban J connectivity index is 1.97. The summed E-state index contributed by atoms with van der Waals surface area (Å²) >= 11 is 0. The number of carbonyl (C=O) groups excluding carboxylic acids is 1. The number of amides is 1. The lowest BCUT2D eigenvalue weighted by Crippen LogP contribution is -2.33. The average molecular weight is 387 g/mol. The van der Waals surface area contributed by atoms with Crippen molar-refractivity contribution in [2.75, 3.05) is 0 Å². The van der Waals surface area contributed by atoms with Crippen LogP contribution in [0.4, 0.5) is 4.79 Å². The Labute approximate surface area is 157 Å². The van der Waals surface area contributed by atoms with E-state index in [1.165, 1.54) is 5.57 Å². The minimum absolute atomic E-state index is 0.181. The summed E-state index contributed by atoms with van der Waals surface area (Å²) in [5.74, 6) is 1.46. The first-order chi connectivity index (χ1) is 11.9. The van der Waals surface area contributed by atoms with Gasteiger partial charge in [0.25, 0.3) is 0 Å². The minimum atomic E-state index is -3.76. The lowest BCUT2D eigenvalue weighted by Gasteiger charge is -2.28. The smallest absolute Gasteiger partial charge is 0.438 e. The predicted octanol–water partition coefficient (Wildman–Crippen LogP) is 5.30. The number of carbonyl (C=O) groups is 1. The van der Waals surface area contributed by atoms with E-state index in [9.17, 15) is 9.36 Å². The van der Waals surface area contributed by atoms with Crippen LogP contribution in [-0.2, 0) is 18.3 Å². The number of fused-ring (bicyclic) bond motifs is 1. The van der Waals surface area contributed by atoms with Gasteiger partial charge >= 0.3 is 13.8 Å². The number of hydrogen-bond acceptors (Lipinski definition) is 5. The third kappa shape index (κ3) is 4.90. The van der Waals surface area contributed by atoms with Crippen LogP contribution in [0.1, 0.15) is 61.8 Å². The van der Waals surface area contributed by atoms with Crippen LogP contribution < -0.4 is 5.09 Å². The van der Waals surface area contributed by atoms with Crippen molar-refractivity contribution < 1.29 is 23.1 Å². The molecule has 0 aromatic heterocycles. The van der Waals surface area contributed by atoms with Crippen LogP contribution in [0, 0.1) is 23.2 Å². The molecule has 0 saturated heterocycles. The van der Waals surface area contributed by atoms with Gasteiger partial charge in [0.1, 0.15) is 6.10 Å². The summed E-state index contributed by atoms with van der Waals surface area (Å²) in [7, 11) is -3.76. The second-order valence-electron chi connectivity index (χ2n) is 8.73. The first-order valence-electron chi connectivity index (χ1n) is 9.49. The standard InChI is InChI=1S/C19H34NO5P/c1-11(2)24-26(22,25-12(3)4)20-18(21)23-14(6)15-10-17-16(9-13(15)5)19(17,7)8/h9,11-12,14-17H,10H2,1-8H3,(H,20,21,22)/t14?,15-,16?,17?/m1/s1. The molecule has 1 amide bonds. The molecule has 3 unspecified atom stereocenters. The van der Waals surface area contributed by atoms with Crippen molar-refractivity contribution >= 4 is 13.8 Å². The molecule has 0 heterocycles. The zero-order chi connectivity index (χ0) is 19.9. The van der Waals surface area contributed by atoms with Crippen molar-refractivity contribution in [1.82, 2.24) is 5.09 Å². The molecule has 6 nitrogen and oxygen atoms in total. The summed E-state index contributed by atoms with van der Waals surface area (Å²) < 4.78 is 28.9. The normalized spacial score (nSPS) is 28.4. The number of ether oxygens (including phenoxy) is 1. The van der Waals surface area contributed by atoms with Gasteiger partial charge in [-0.3, -0.25) is 9.05 Å². The van der Waals surface area contributed by atoms with Gasteiger partial charge in [-0.05, 0) is 65.2 Å². The average Bonchev–Trinajstić information content (AvgIpc) is 2.95. The lowest BCUT2D eigenvalue weighted by atomic mass is 9.85. The Morgan fingerprint density at radius 1 is 1.19 bits per heavy atom. The van der Waals surface area contributed by atoms with E-state index in [0.717, 1.165) is 6.42 Å². The number of hydrogen-bond donors (Lipinski definition) is 1. The summed E-state index contributed by atoms with van der Waals surface area (Å²) in [6, 6.07) is 0. The molecule has 150 valence electrons. The molecular weight excluding hydrogens is 353 g/mol. The van der Waals surface area contributed by atoms with Crippen LogP contribution in [0.5, 0.6) is 0 Å². The Kier molecular flexibility index (Phi) is 6.31. The van der Waals surface area contributed by atoms with E-state index in [2.05, 4.69) is 31.9 Å². The molecule has 1 fully saturated rings. The second kappa shape index (κ2) is 7.65. The van der Waals surface area contributed by atoms with Gasteiger partial charge in [-0.1, -0.05) is 25.5 Å². The fourth-order valence-corrected chi connectivity index (χ4v) is 5.56. The number of allylic oxidation sites excluding steroid dienone is 1. The summed E-state index contributed by atoms with van der Waals surface area (Å²) in [5, 5.41) is 2.31. The van der Waals surface area contributed by atoms with Crippen LogP contribution in [0.2, 0.25) is 0 Å². The third-order valence-corrected chi connectivity index (χ3v) is 7.32. The first kappa shape index (κ1) is 21.5. The third-order valence-electron chi connectivity index (χ3n) is 5.46. The van der Waals surface area contributed by atoms with Crippen LogP contribution in [0.3, 0.4) is 0 Å². The van der Waals surface area contributed by atoms with Crippen molar-refractivity contribution in [3.63, 3.8) is 0 Å². The molecule has 1 saturated carbocycles. The largest absolute Gasteiger partial charge is 0.446 e. The van der Waals surface area contributed by atoms with E-state index in [4.69, 9.17) is 13.8 Å². The van der Waals surface area contributed by atoms with Crippen molar-refractivity contribution in [2.45, 2.75) is 80.1 Å². The summed E-state index contributed by atoms with van der Waals surface area (Å²) in [6.45, 7) is 15.5. The summed E-state index contributed by atoms with van der Waals surface area (Å²) in [6.07, 6.45) is 1.55. The van der Waals surface area contributed by atoms with Gasteiger partial charge in [0.05, 0.1) is 12.2 Å². The molecule has 2 aliphatic rings. The summed E-state index contributed by atoms with van der Waals surface area (Å²) in [4.78, 5) is 12.3. The highest BCUT2D eigenvalue weighted by molar-refractivity contribution is 7.52. The van der Waals surface area contributed by atoms with Gasteiger partial charge < -0.3 is 4.74 Å². The highest BCUT2D eigenvalue weighted by Gasteiger charge is 2.58. The molecule has 0 radical (unpaired) electrons. The zero-order valence-corrected chi connectivity index (χ0v) is 18.1. The molecule has 0 aliphatic heterocycles. The molecule has 26 heavy (non-hydrogen) atoms. The Bertz CT molecular complexity index is 599. The molecule has 0 spiro atoms. The molecule has 4 atom stereocenters. The monoisotopic (exact) mass is 387 g/mol. The maximum absolute atomic E-state index is 12.7. The second-order valence-corrected chi connectivity index (χ2v) is 10.4. The van der Waals surface area contributed by atoms with E-state index < -0.39 is 13.8 Å². The maximum atomic E-state index is 12.7. The molecule has 0 aromatic carbocycles. The van der Waals surface area contributed by atoms with Crippen molar-refractivity contribution in [3.8, 4) is 0 Å². The van der Waals surface area contributed by atoms with Gasteiger partial charge in [-0.25, -0.2) is 14.4 Å². The van der Waals surface area contributed by atoms with Gasteiger partial charge in [-0.2, -0.15) is 0 Å². The van der Waals surface area contributed by atoms with E-state index in [-0.39, 0.29) is 24.2 Å². The molecule has 2 rings (SSSR count). The molecule has 1 N–H and O–H groups in total. The van der Waals surface area contributed by atoms with E-state index in [1.54, 1.807) is 27.7 Å². The van der Waals surface area contributed by atoms with Crippen LogP contribution in [-0.4, -0.2) is 24.4 Å². The minimum Gasteiger partial charge on any atom is -0.446 e. The van der Waals surface area contributed by atoms with Gasteiger partial charge in [-0.15, -0.1) is 0 Å².